The summed E-state index contributed by atoms with van der Waals surface area (Å²) in [5, 5.41) is 6.09. The van der Waals surface area contributed by atoms with Gasteiger partial charge in [0.15, 0.2) is 5.78 Å². The van der Waals surface area contributed by atoms with E-state index in [1.807, 2.05) is 37.3 Å². The van der Waals surface area contributed by atoms with Crippen LogP contribution >= 0.6 is 0 Å². The molecule has 1 aromatic carbocycles. The van der Waals surface area contributed by atoms with E-state index in [2.05, 4.69) is 10.6 Å². The summed E-state index contributed by atoms with van der Waals surface area (Å²) in [5.74, 6) is -0.131. The highest BCUT2D eigenvalue weighted by Crippen LogP contribution is 2.06. The van der Waals surface area contributed by atoms with Crippen LogP contribution in [0, 0.1) is 0 Å². The number of Topliss-reactive ketones (excluding diaryl/α,β-unsaturated/α-hetero) is 1. The van der Waals surface area contributed by atoms with Gasteiger partial charge in [0.25, 0.3) is 0 Å². The van der Waals surface area contributed by atoms with Crippen LogP contribution in [-0.2, 0) is 16.0 Å². The normalized spacial score (nSPS) is 13.3. The average molecular weight is 319 g/mol. The maximum Gasteiger partial charge on any atom is 0.238 e. The molecule has 1 unspecified atom stereocenters. The molecule has 0 aliphatic carbocycles. The summed E-state index contributed by atoms with van der Waals surface area (Å²) in [6.07, 6.45) is 2.95. The van der Waals surface area contributed by atoms with E-state index in [4.69, 9.17) is 5.73 Å². The van der Waals surface area contributed by atoms with Crippen molar-refractivity contribution in [2.24, 2.45) is 5.73 Å². The molecule has 0 bridgehead atoms. The van der Waals surface area contributed by atoms with E-state index in [0.717, 1.165) is 18.4 Å². The fourth-order valence-electron chi connectivity index (χ4n) is 2.50. The predicted octanol–water partition coefficient (Wildman–Crippen LogP) is 1.41. The smallest absolute Gasteiger partial charge is 0.238 e. The van der Waals surface area contributed by atoms with Gasteiger partial charge in [-0.2, -0.15) is 0 Å². The monoisotopic (exact) mass is 319 g/mol. The van der Waals surface area contributed by atoms with Gasteiger partial charge in [-0.1, -0.05) is 37.3 Å². The number of hydrogen-bond donors (Lipinski definition) is 3. The third-order valence-electron chi connectivity index (χ3n) is 3.80. The average Bonchev–Trinajstić information content (AvgIpc) is 2.54. The number of nitrogens with one attached hydrogen (secondary N) is 2. The summed E-state index contributed by atoms with van der Waals surface area (Å²) in [7, 11) is 0. The zero-order valence-electron chi connectivity index (χ0n) is 14.2. The summed E-state index contributed by atoms with van der Waals surface area (Å²) in [4.78, 5) is 24.3. The van der Waals surface area contributed by atoms with Crippen LogP contribution in [-0.4, -0.2) is 36.9 Å². The summed E-state index contributed by atoms with van der Waals surface area (Å²) < 4.78 is 0. The molecule has 0 aromatic heterocycles. The summed E-state index contributed by atoms with van der Waals surface area (Å²) in [6.45, 7) is 4.79. The number of nitrogens with two attached hydrogens (primary N) is 1. The number of unbranched alkanes of at least 4 members (excludes halogenated alkanes) is 1. The minimum atomic E-state index is -0.425. The minimum Gasteiger partial charge on any atom is -0.345 e. The van der Waals surface area contributed by atoms with Gasteiger partial charge in [-0.25, -0.2) is 0 Å². The molecule has 0 radical (unpaired) electrons. The van der Waals surface area contributed by atoms with Gasteiger partial charge in [0.05, 0.1) is 12.1 Å². The third kappa shape index (κ3) is 7.39. The topological polar surface area (TPSA) is 84.2 Å². The molecule has 128 valence electrons. The molecule has 0 fully saturated rings. The molecular weight excluding hydrogens is 290 g/mol. The number of likely N-dealkylation sites (N-methyl/N-ethyl adjacent to an activating group) is 1. The Hall–Kier alpha value is -1.72. The highest BCUT2D eigenvalue weighted by Gasteiger charge is 2.23. The van der Waals surface area contributed by atoms with Crippen LogP contribution in [0.25, 0.3) is 0 Å². The van der Waals surface area contributed by atoms with Gasteiger partial charge in [0, 0.05) is 0 Å². The number of carbonyl (C=O) groups excluding carboxylic acids is 2. The van der Waals surface area contributed by atoms with Crippen molar-refractivity contribution in [1.82, 2.24) is 10.6 Å². The quantitative estimate of drug-likeness (QED) is 0.539. The van der Waals surface area contributed by atoms with E-state index in [1.54, 1.807) is 0 Å². The van der Waals surface area contributed by atoms with Gasteiger partial charge in [-0.15, -0.1) is 0 Å². The maximum absolute atomic E-state index is 12.5. The highest BCUT2D eigenvalue weighted by molar-refractivity contribution is 5.89. The molecule has 0 spiro atoms. The zero-order chi connectivity index (χ0) is 17.1. The molecule has 1 aromatic rings. The van der Waals surface area contributed by atoms with Crippen LogP contribution in [0.2, 0.25) is 0 Å². The lowest BCUT2D eigenvalue weighted by Crippen LogP contribution is -2.50. The summed E-state index contributed by atoms with van der Waals surface area (Å²) in [5.41, 5.74) is 6.58. The molecule has 2 atom stereocenters. The Morgan fingerprint density at radius 2 is 1.83 bits per heavy atom. The number of ketones is 1. The largest absolute Gasteiger partial charge is 0.345 e. The molecule has 5 nitrogen and oxygen atoms in total. The Morgan fingerprint density at radius 3 is 2.39 bits per heavy atom. The Bertz CT molecular complexity index is 476. The second kappa shape index (κ2) is 10.9. The molecule has 5 heteroatoms. The molecule has 23 heavy (non-hydrogen) atoms. The molecular formula is C18H29N3O2. The van der Waals surface area contributed by atoms with Gasteiger partial charge in [0.1, 0.15) is 0 Å². The second-order valence-corrected chi connectivity index (χ2v) is 5.76. The van der Waals surface area contributed by atoms with Crippen LogP contribution < -0.4 is 16.4 Å². The van der Waals surface area contributed by atoms with Crippen molar-refractivity contribution >= 4 is 11.7 Å². The molecule has 1 amide bonds. The SMILES string of the molecule is CCNC(Cc1ccccc1)C(=O)N[C@@H](CCCCN)C(C)=O. The van der Waals surface area contributed by atoms with Crippen molar-refractivity contribution in [2.75, 3.05) is 13.1 Å². The van der Waals surface area contributed by atoms with E-state index in [0.29, 0.717) is 25.9 Å². The number of benzene rings is 1. The van der Waals surface area contributed by atoms with E-state index in [1.165, 1.54) is 6.92 Å². The zero-order valence-corrected chi connectivity index (χ0v) is 14.2. The van der Waals surface area contributed by atoms with Gasteiger partial charge < -0.3 is 16.4 Å². The number of rotatable bonds is 11. The Labute approximate surface area is 139 Å². The van der Waals surface area contributed by atoms with Gasteiger partial charge in [-0.05, 0) is 51.3 Å². The van der Waals surface area contributed by atoms with E-state index < -0.39 is 6.04 Å². The number of amides is 1. The van der Waals surface area contributed by atoms with E-state index >= 15 is 0 Å². The lowest BCUT2D eigenvalue weighted by Gasteiger charge is -2.22. The van der Waals surface area contributed by atoms with Crippen molar-refractivity contribution in [3.05, 3.63) is 35.9 Å². The molecule has 4 N–H and O–H groups in total. The standard InChI is InChI=1S/C18H29N3O2/c1-3-20-17(13-15-9-5-4-6-10-15)18(23)21-16(14(2)22)11-7-8-12-19/h4-6,9-10,16-17,20H,3,7-8,11-13,19H2,1-2H3,(H,21,23)/t16-,17?/m0/s1. The molecule has 0 aliphatic rings. The predicted molar refractivity (Wildman–Crippen MR) is 93.1 cm³/mol. The van der Waals surface area contributed by atoms with Crippen LogP contribution in [0.1, 0.15) is 38.7 Å². The van der Waals surface area contributed by atoms with Crippen molar-refractivity contribution in [3.63, 3.8) is 0 Å². The lowest BCUT2D eigenvalue weighted by atomic mass is 10.0. The van der Waals surface area contributed by atoms with Gasteiger partial charge in [-0.3, -0.25) is 9.59 Å². The first-order valence-corrected chi connectivity index (χ1v) is 8.36. The Balaban J connectivity index is 2.65. The van der Waals surface area contributed by atoms with Gasteiger partial charge >= 0.3 is 0 Å². The van der Waals surface area contributed by atoms with E-state index in [-0.39, 0.29) is 17.7 Å². The molecule has 1 rings (SSSR count). The second-order valence-electron chi connectivity index (χ2n) is 5.76. The Kier molecular flexibility index (Phi) is 9.17. The molecule has 0 saturated heterocycles. The van der Waals surface area contributed by atoms with Crippen LogP contribution in [0.3, 0.4) is 0 Å². The first-order valence-electron chi connectivity index (χ1n) is 8.36. The van der Waals surface area contributed by atoms with Crippen molar-refractivity contribution in [2.45, 2.75) is 51.6 Å². The molecule has 0 heterocycles. The van der Waals surface area contributed by atoms with Crippen LogP contribution in [0.15, 0.2) is 30.3 Å². The van der Waals surface area contributed by atoms with Crippen LogP contribution in [0.5, 0.6) is 0 Å². The fourth-order valence-corrected chi connectivity index (χ4v) is 2.50. The fraction of sp³-hybridized carbons (Fsp3) is 0.556. The first kappa shape index (κ1) is 19.3. The first-order chi connectivity index (χ1) is 11.1. The number of carbonyl (C=O) groups is 2. The van der Waals surface area contributed by atoms with E-state index in [9.17, 15) is 9.59 Å². The van der Waals surface area contributed by atoms with Crippen molar-refractivity contribution in [1.29, 1.82) is 0 Å². The van der Waals surface area contributed by atoms with Crippen molar-refractivity contribution < 1.29 is 9.59 Å². The third-order valence-corrected chi connectivity index (χ3v) is 3.80. The Morgan fingerprint density at radius 1 is 1.13 bits per heavy atom. The van der Waals surface area contributed by atoms with Gasteiger partial charge in [0.2, 0.25) is 5.91 Å². The summed E-state index contributed by atoms with van der Waals surface area (Å²) in [6, 6.07) is 9.12. The highest BCUT2D eigenvalue weighted by atomic mass is 16.2. The molecule has 0 saturated carbocycles. The maximum atomic E-state index is 12.5. The lowest BCUT2D eigenvalue weighted by molar-refractivity contribution is -0.128. The van der Waals surface area contributed by atoms with Crippen LogP contribution in [0.4, 0.5) is 0 Å². The molecule has 0 aliphatic heterocycles. The summed E-state index contributed by atoms with van der Waals surface area (Å²) >= 11 is 0. The van der Waals surface area contributed by atoms with Crippen molar-refractivity contribution in [3.8, 4) is 0 Å². The minimum absolute atomic E-state index is 0.00895. The number of hydrogen-bond acceptors (Lipinski definition) is 4.